The second kappa shape index (κ2) is 5.18. The Balaban J connectivity index is 2.29. The molecule has 74 valence electrons. The largest absolute Gasteiger partial charge is 0.300 e. The van der Waals surface area contributed by atoms with E-state index in [-0.39, 0.29) is 0 Å². The van der Waals surface area contributed by atoms with Crippen molar-refractivity contribution >= 4 is 5.78 Å². The first-order chi connectivity index (χ1) is 6.24. The maximum Gasteiger partial charge on any atom is 0.135 e. The molecule has 1 fully saturated rings. The van der Waals surface area contributed by atoms with Crippen molar-refractivity contribution in [2.75, 3.05) is 13.1 Å². The second-order valence-corrected chi connectivity index (χ2v) is 3.74. The van der Waals surface area contributed by atoms with Gasteiger partial charge in [0.05, 0.1) is 0 Å². The van der Waals surface area contributed by atoms with Crippen molar-refractivity contribution in [1.82, 2.24) is 4.90 Å². The van der Waals surface area contributed by atoms with Crippen LogP contribution in [-0.2, 0) is 4.79 Å². The quantitative estimate of drug-likeness (QED) is 0.621. The molecule has 1 saturated heterocycles. The highest BCUT2D eigenvalue weighted by molar-refractivity contribution is 5.79. The maximum atomic E-state index is 11.1. The van der Waals surface area contributed by atoms with Gasteiger partial charge in [0.15, 0.2) is 0 Å². The van der Waals surface area contributed by atoms with E-state index >= 15 is 0 Å². The van der Waals surface area contributed by atoms with Gasteiger partial charge in [0.25, 0.3) is 0 Å². The Hall–Kier alpha value is -0.630. The molecule has 0 radical (unpaired) electrons. The van der Waals surface area contributed by atoms with Gasteiger partial charge in [-0.1, -0.05) is 12.2 Å². The Morgan fingerprint density at radius 2 is 2.38 bits per heavy atom. The van der Waals surface area contributed by atoms with Crippen LogP contribution in [0.2, 0.25) is 0 Å². The third-order valence-corrected chi connectivity index (χ3v) is 2.64. The van der Waals surface area contributed by atoms with Crippen molar-refractivity contribution in [3.05, 3.63) is 12.2 Å². The number of rotatable bonds is 3. The van der Waals surface area contributed by atoms with Crippen LogP contribution in [0.15, 0.2) is 12.2 Å². The highest BCUT2D eigenvalue weighted by atomic mass is 16.1. The fourth-order valence-electron chi connectivity index (χ4n) is 1.79. The van der Waals surface area contributed by atoms with Crippen molar-refractivity contribution in [3.63, 3.8) is 0 Å². The molecule has 0 spiro atoms. The van der Waals surface area contributed by atoms with E-state index in [1.807, 2.05) is 6.92 Å². The van der Waals surface area contributed by atoms with Crippen molar-refractivity contribution in [1.29, 1.82) is 0 Å². The molecule has 2 heteroatoms. The molecule has 2 nitrogen and oxygen atoms in total. The Morgan fingerprint density at radius 1 is 1.62 bits per heavy atom. The van der Waals surface area contributed by atoms with Gasteiger partial charge in [0.2, 0.25) is 0 Å². The molecule has 0 aliphatic carbocycles. The topological polar surface area (TPSA) is 20.3 Å². The highest BCUT2D eigenvalue weighted by Crippen LogP contribution is 2.13. The van der Waals surface area contributed by atoms with E-state index in [0.29, 0.717) is 11.8 Å². The molecule has 0 aromatic carbocycles. The number of nitrogens with zero attached hydrogens (tertiary/aromatic N) is 1. The summed E-state index contributed by atoms with van der Waals surface area (Å²) >= 11 is 0. The zero-order chi connectivity index (χ0) is 9.68. The summed E-state index contributed by atoms with van der Waals surface area (Å²) in [4.78, 5) is 13.5. The van der Waals surface area contributed by atoms with Crippen molar-refractivity contribution in [2.45, 2.75) is 39.2 Å². The van der Waals surface area contributed by atoms with Gasteiger partial charge in [-0.25, -0.2) is 0 Å². The van der Waals surface area contributed by atoms with Crippen LogP contribution in [-0.4, -0.2) is 29.8 Å². The summed E-state index contributed by atoms with van der Waals surface area (Å²) in [6, 6.07) is 0.450. The third kappa shape index (κ3) is 3.31. The normalized spacial score (nSPS) is 25.7. The maximum absolute atomic E-state index is 11.1. The minimum atomic E-state index is 0.426. The number of piperidine rings is 1. The molecule has 13 heavy (non-hydrogen) atoms. The lowest BCUT2D eigenvalue weighted by atomic mass is 10.0. The van der Waals surface area contributed by atoms with Gasteiger partial charge in [-0.05, 0) is 20.3 Å². The first-order valence-electron chi connectivity index (χ1n) is 5.11. The van der Waals surface area contributed by atoms with Gasteiger partial charge in [-0.3, -0.25) is 9.69 Å². The highest BCUT2D eigenvalue weighted by Gasteiger charge is 2.22. The minimum absolute atomic E-state index is 0.426. The number of Topliss-reactive ketones (excluding diaryl/α,β-unsaturated/α-hetero) is 1. The molecule has 1 atom stereocenters. The van der Waals surface area contributed by atoms with E-state index in [2.05, 4.69) is 24.0 Å². The number of hydrogen-bond donors (Lipinski definition) is 0. The van der Waals surface area contributed by atoms with Gasteiger partial charge >= 0.3 is 0 Å². The summed E-state index contributed by atoms with van der Waals surface area (Å²) in [6.45, 7) is 6.24. The van der Waals surface area contributed by atoms with Gasteiger partial charge < -0.3 is 0 Å². The number of carbonyl (C=O) groups is 1. The number of likely N-dealkylation sites (tertiary alicyclic amines) is 1. The van der Waals surface area contributed by atoms with Gasteiger partial charge in [-0.15, -0.1) is 0 Å². The summed E-state index contributed by atoms with van der Waals surface area (Å²) < 4.78 is 0. The average Bonchev–Trinajstić information content (AvgIpc) is 2.09. The zero-order valence-electron chi connectivity index (χ0n) is 8.62. The molecule has 1 aliphatic heterocycles. The molecule has 0 amide bonds. The molecule has 0 saturated carbocycles. The molecule has 0 bridgehead atoms. The number of ketones is 1. The molecule has 0 aromatic heterocycles. The Bertz CT molecular complexity index is 198. The van der Waals surface area contributed by atoms with E-state index in [4.69, 9.17) is 0 Å². The summed E-state index contributed by atoms with van der Waals surface area (Å²) in [5.41, 5.74) is 0. The number of hydrogen-bond acceptors (Lipinski definition) is 2. The first-order valence-corrected chi connectivity index (χ1v) is 5.11. The Labute approximate surface area is 80.6 Å². The molecule has 1 unspecified atom stereocenters. The van der Waals surface area contributed by atoms with E-state index in [1.54, 1.807) is 0 Å². The third-order valence-electron chi connectivity index (χ3n) is 2.64. The lowest BCUT2D eigenvalue weighted by Gasteiger charge is -2.32. The van der Waals surface area contributed by atoms with Crippen LogP contribution in [0.4, 0.5) is 0 Å². The lowest BCUT2D eigenvalue weighted by Crippen LogP contribution is -2.41. The predicted octanol–water partition coefficient (Wildman–Crippen LogP) is 2.01. The predicted molar refractivity (Wildman–Crippen MR) is 54.7 cm³/mol. The fourth-order valence-corrected chi connectivity index (χ4v) is 1.79. The number of carbonyl (C=O) groups excluding carboxylic acids is 1. The van der Waals surface area contributed by atoms with Crippen LogP contribution in [0.25, 0.3) is 0 Å². The van der Waals surface area contributed by atoms with E-state index in [9.17, 15) is 4.79 Å². The number of allylic oxidation sites excluding steroid dienone is 1. The molecule has 1 heterocycles. The van der Waals surface area contributed by atoms with E-state index < -0.39 is 0 Å². The van der Waals surface area contributed by atoms with Crippen LogP contribution in [0.3, 0.4) is 0 Å². The van der Waals surface area contributed by atoms with Crippen LogP contribution in [0, 0.1) is 0 Å². The molecule has 0 N–H and O–H groups in total. The molecule has 1 aliphatic rings. The second-order valence-electron chi connectivity index (χ2n) is 3.74. The summed E-state index contributed by atoms with van der Waals surface area (Å²) in [5.74, 6) is 0.426. The standard InChI is InChI=1S/C11H19NO/c1-3-4-5-7-12-8-6-11(13)9-10(12)2/h3-4,10H,5-9H2,1-2H3/b4-3+. The summed E-state index contributed by atoms with van der Waals surface area (Å²) in [6.07, 6.45) is 6.87. The van der Waals surface area contributed by atoms with Gasteiger partial charge in [-0.2, -0.15) is 0 Å². The fraction of sp³-hybridized carbons (Fsp3) is 0.727. The monoisotopic (exact) mass is 181 g/mol. The van der Waals surface area contributed by atoms with Crippen LogP contribution >= 0.6 is 0 Å². The lowest BCUT2D eigenvalue weighted by molar-refractivity contribution is -0.122. The van der Waals surface area contributed by atoms with E-state index in [0.717, 1.165) is 32.4 Å². The Morgan fingerprint density at radius 3 is 3.00 bits per heavy atom. The van der Waals surface area contributed by atoms with Crippen LogP contribution in [0.5, 0.6) is 0 Å². The minimum Gasteiger partial charge on any atom is -0.300 e. The van der Waals surface area contributed by atoms with E-state index in [1.165, 1.54) is 0 Å². The summed E-state index contributed by atoms with van der Waals surface area (Å²) in [5, 5.41) is 0. The van der Waals surface area contributed by atoms with Crippen LogP contribution < -0.4 is 0 Å². The molecular weight excluding hydrogens is 162 g/mol. The zero-order valence-corrected chi connectivity index (χ0v) is 8.62. The van der Waals surface area contributed by atoms with Crippen LogP contribution in [0.1, 0.15) is 33.1 Å². The Kier molecular flexibility index (Phi) is 4.16. The average molecular weight is 181 g/mol. The van der Waals surface area contributed by atoms with Crippen molar-refractivity contribution < 1.29 is 4.79 Å². The van der Waals surface area contributed by atoms with Crippen molar-refractivity contribution in [2.24, 2.45) is 0 Å². The van der Waals surface area contributed by atoms with Crippen molar-refractivity contribution in [3.8, 4) is 0 Å². The van der Waals surface area contributed by atoms with Gasteiger partial charge in [0, 0.05) is 32.0 Å². The van der Waals surface area contributed by atoms with Gasteiger partial charge in [0.1, 0.15) is 5.78 Å². The molecule has 1 rings (SSSR count). The smallest absolute Gasteiger partial charge is 0.135 e. The molecule has 0 aromatic rings. The summed E-state index contributed by atoms with van der Waals surface area (Å²) in [7, 11) is 0. The molecular formula is C11H19NO. The first kappa shape index (κ1) is 10.5. The SMILES string of the molecule is C/C=C/CCN1CCC(=O)CC1C.